The van der Waals surface area contributed by atoms with E-state index in [0.717, 1.165) is 31.6 Å². The van der Waals surface area contributed by atoms with Crippen LogP contribution in [0.4, 0.5) is 5.69 Å². The summed E-state index contributed by atoms with van der Waals surface area (Å²) >= 11 is 0. The molecule has 2 atom stereocenters. The third kappa shape index (κ3) is 2.47. The predicted octanol–water partition coefficient (Wildman–Crippen LogP) is 3.40. The van der Waals surface area contributed by atoms with Gasteiger partial charge in [0.15, 0.2) is 0 Å². The molecular formula is C15H21NO. The number of benzene rings is 1. The van der Waals surface area contributed by atoms with Crippen LogP contribution in [-0.4, -0.2) is 19.8 Å². The van der Waals surface area contributed by atoms with E-state index in [9.17, 15) is 0 Å². The van der Waals surface area contributed by atoms with Gasteiger partial charge in [-0.1, -0.05) is 18.2 Å². The fourth-order valence-electron chi connectivity index (χ4n) is 3.19. The van der Waals surface area contributed by atoms with Crippen molar-refractivity contribution >= 4 is 5.69 Å². The molecule has 2 heteroatoms. The molecule has 0 aromatic heterocycles. The highest BCUT2D eigenvalue weighted by atomic mass is 16.5. The number of hydrogen-bond acceptors (Lipinski definition) is 2. The molecule has 3 rings (SSSR count). The highest BCUT2D eigenvalue weighted by Crippen LogP contribution is 2.37. The SMILES string of the molecule is c1ccc2c(c1)NCCC2CC1CCCOC1. The molecule has 2 unspecified atom stereocenters. The van der Waals surface area contributed by atoms with Gasteiger partial charge in [-0.05, 0) is 49.1 Å². The van der Waals surface area contributed by atoms with Crippen molar-refractivity contribution in [3.05, 3.63) is 29.8 Å². The van der Waals surface area contributed by atoms with Gasteiger partial charge in [0, 0.05) is 25.4 Å². The summed E-state index contributed by atoms with van der Waals surface area (Å²) in [5, 5.41) is 3.50. The van der Waals surface area contributed by atoms with Crippen LogP contribution in [0.15, 0.2) is 24.3 Å². The maximum Gasteiger partial charge on any atom is 0.0494 e. The van der Waals surface area contributed by atoms with Crippen LogP contribution in [0.1, 0.15) is 37.2 Å². The normalized spacial score (nSPS) is 28.2. The molecule has 0 bridgehead atoms. The molecule has 92 valence electrons. The molecule has 1 saturated heterocycles. The highest BCUT2D eigenvalue weighted by molar-refractivity contribution is 5.54. The average molecular weight is 231 g/mol. The molecular weight excluding hydrogens is 210 g/mol. The van der Waals surface area contributed by atoms with Gasteiger partial charge in [0.2, 0.25) is 0 Å². The second-order valence-electron chi connectivity index (χ2n) is 5.32. The van der Waals surface area contributed by atoms with Crippen molar-refractivity contribution in [3.63, 3.8) is 0 Å². The lowest BCUT2D eigenvalue weighted by atomic mass is 9.82. The maximum atomic E-state index is 5.60. The number of para-hydroxylation sites is 1. The topological polar surface area (TPSA) is 21.3 Å². The number of fused-ring (bicyclic) bond motifs is 1. The van der Waals surface area contributed by atoms with Crippen molar-refractivity contribution in [1.82, 2.24) is 0 Å². The van der Waals surface area contributed by atoms with E-state index < -0.39 is 0 Å². The van der Waals surface area contributed by atoms with E-state index in [0.29, 0.717) is 0 Å². The molecule has 1 aromatic rings. The van der Waals surface area contributed by atoms with Crippen molar-refractivity contribution in [2.75, 3.05) is 25.1 Å². The molecule has 0 radical (unpaired) electrons. The average Bonchev–Trinajstić information content (AvgIpc) is 2.40. The Morgan fingerprint density at radius 1 is 1.24 bits per heavy atom. The zero-order chi connectivity index (χ0) is 11.5. The van der Waals surface area contributed by atoms with E-state index in [2.05, 4.69) is 29.6 Å². The molecule has 0 saturated carbocycles. The van der Waals surface area contributed by atoms with Gasteiger partial charge in [0.05, 0.1) is 0 Å². The predicted molar refractivity (Wildman–Crippen MR) is 70.4 cm³/mol. The van der Waals surface area contributed by atoms with Gasteiger partial charge in [0.1, 0.15) is 0 Å². The van der Waals surface area contributed by atoms with Gasteiger partial charge in [-0.2, -0.15) is 0 Å². The first-order valence-electron chi connectivity index (χ1n) is 6.84. The Kier molecular flexibility index (Phi) is 3.32. The third-order valence-corrected chi connectivity index (χ3v) is 4.08. The molecule has 0 spiro atoms. The van der Waals surface area contributed by atoms with Crippen molar-refractivity contribution in [2.45, 2.75) is 31.6 Å². The molecule has 1 N–H and O–H groups in total. The molecule has 2 aliphatic rings. The minimum atomic E-state index is 0.735. The summed E-state index contributed by atoms with van der Waals surface area (Å²) in [5.74, 6) is 1.51. The Labute approximate surface area is 103 Å². The van der Waals surface area contributed by atoms with Crippen LogP contribution >= 0.6 is 0 Å². The van der Waals surface area contributed by atoms with Crippen molar-refractivity contribution in [3.8, 4) is 0 Å². The molecule has 2 aliphatic heterocycles. The highest BCUT2D eigenvalue weighted by Gasteiger charge is 2.24. The Hall–Kier alpha value is -1.02. The first-order chi connectivity index (χ1) is 8.43. The summed E-state index contributed by atoms with van der Waals surface area (Å²) < 4.78 is 5.60. The van der Waals surface area contributed by atoms with Gasteiger partial charge < -0.3 is 10.1 Å². The van der Waals surface area contributed by atoms with E-state index in [1.165, 1.54) is 36.9 Å². The summed E-state index contributed by atoms with van der Waals surface area (Å²) in [6, 6.07) is 8.78. The Morgan fingerprint density at radius 2 is 2.18 bits per heavy atom. The van der Waals surface area contributed by atoms with Gasteiger partial charge in [-0.15, -0.1) is 0 Å². The molecule has 0 aliphatic carbocycles. The number of ether oxygens (including phenoxy) is 1. The van der Waals surface area contributed by atoms with Crippen LogP contribution in [-0.2, 0) is 4.74 Å². The van der Waals surface area contributed by atoms with Crippen molar-refractivity contribution in [1.29, 1.82) is 0 Å². The number of rotatable bonds is 2. The molecule has 1 fully saturated rings. The lowest BCUT2D eigenvalue weighted by Gasteiger charge is -2.31. The lowest BCUT2D eigenvalue weighted by Crippen LogP contribution is -2.23. The minimum absolute atomic E-state index is 0.735. The van der Waals surface area contributed by atoms with Gasteiger partial charge in [-0.25, -0.2) is 0 Å². The first-order valence-corrected chi connectivity index (χ1v) is 6.84. The van der Waals surface area contributed by atoms with Crippen LogP contribution in [0, 0.1) is 5.92 Å². The zero-order valence-electron chi connectivity index (χ0n) is 10.3. The molecule has 2 heterocycles. The van der Waals surface area contributed by atoms with E-state index in [4.69, 9.17) is 4.74 Å². The monoisotopic (exact) mass is 231 g/mol. The lowest BCUT2D eigenvalue weighted by molar-refractivity contribution is 0.0486. The Bertz CT molecular complexity index is 371. The standard InChI is InChI=1S/C15H21NO/c1-2-6-15-14(5-1)13(7-8-16-15)10-12-4-3-9-17-11-12/h1-2,5-6,12-13,16H,3-4,7-11H2. The number of anilines is 1. The van der Waals surface area contributed by atoms with E-state index in [1.54, 1.807) is 0 Å². The van der Waals surface area contributed by atoms with Crippen LogP contribution in [0.5, 0.6) is 0 Å². The summed E-state index contributed by atoms with van der Waals surface area (Å²) in [6.07, 6.45) is 5.18. The van der Waals surface area contributed by atoms with Gasteiger partial charge in [-0.3, -0.25) is 0 Å². The third-order valence-electron chi connectivity index (χ3n) is 4.08. The largest absolute Gasteiger partial charge is 0.385 e. The fourth-order valence-corrected chi connectivity index (χ4v) is 3.19. The van der Waals surface area contributed by atoms with Crippen molar-refractivity contribution in [2.24, 2.45) is 5.92 Å². The van der Waals surface area contributed by atoms with Gasteiger partial charge in [0.25, 0.3) is 0 Å². The van der Waals surface area contributed by atoms with Crippen molar-refractivity contribution < 1.29 is 4.74 Å². The Morgan fingerprint density at radius 3 is 3.06 bits per heavy atom. The first kappa shape index (κ1) is 11.1. The smallest absolute Gasteiger partial charge is 0.0494 e. The molecule has 1 aromatic carbocycles. The van der Waals surface area contributed by atoms with Crippen LogP contribution in [0.25, 0.3) is 0 Å². The second-order valence-corrected chi connectivity index (χ2v) is 5.32. The molecule has 2 nitrogen and oxygen atoms in total. The summed E-state index contributed by atoms with van der Waals surface area (Å²) in [5.41, 5.74) is 2.87. The van der Waals surface area contributed by atoms with Gasteiger partial charge >= 0.3 is 0 Å². The zero-order valence-corrected chi connectivity index (χ0v) is 10.3. The minimum Gasteiger partial charge on any atom is -0.385 e. The second kappa shape index (κ2) is 5.09. The summed E-state index contributed by atoms with van der Waals surface area (Å²) in [7, 11) is 0. The van der Waals surface area contributed by atoms with Crippen LogP contribution in [0.2, 0.25) is 0 Å². The fraction of sp³-hybridized carbons (Fsp3) is 0.600. The number of nitrogens with one attached hydrogen (secondary N) is 1. The summed E-state index contributed by atoms with van der Waals surface area (Å²) in [6.45, 7) is 3.07. The summed E-state index contributed by atoms with van der Waals surface area (Å²) in [4.78, 5) is 0. The quantitative estimate of drug-likeness (QED) is 0.842. The molecule has 0 amide bonds. The van der Waals surface area contributed by atoms with E-state index >= 15 is 0 Å². The maximum absolute atomic E-state index is 5.60. The van der Waals surface area contributed by atoms with Crippen LogP contribution in [0.3, 0.4) is 0 Å². The number of hydrogen-bond donors (Lipinski definition) is 1. The Balaban J connectivity index is 1.71. The van der Waals surface area contributed by atoms with Crippen LogP contribution < -0.4 is 5.32 Å². The van der Waals surface area contributed by atoms with E-state index in [-0.39, 0.29) is 0 Å². The van der Waals surface area contributed by atoms with E-state index in [1.807, 2.05) is 0 Å². The molecule has 17 heavy (non-hydrogen) atoms.